The van der Waals surface area contributed by atoms with Gasteiger partial charge >= 0.3 is 5.97 Å². The molecule has 6 nitrogen and oxygen atoms in total. The number of carbonyl (C=O) groups excluding carboxylic acids is 1. The fourth-order valence-corrected chi connectivity index (χ4v) is 4.32. The van der Waals surface area contributed by atoms with Crippen molar-refractivity contribution in [3.05, 3.63) is 64.9 Å². The van der Waals surface area contributed by atoms with E-state index in [1.165, 1.54) is 12.1 Å². The lowest BCUT2D eigenvalue weighted by molar-refractivity contribution is 0.0491. The second kappa shape index (κ2) is 7.77. The molecule has 0 aliphatic heterocycles. The molecule has 0 amide bonds. The van der Waals surface area contributed by atoms with E-state index in [9.17, 15) is 13.2 Å². The van der Waals surface area contributed by atoms with Crippen LogP contribution in [0.1, 0.15) is 47.1 Å². The molecule has 148 valence electrons. The Bertz CT molecular complexity index is 1130. The Labute approximate surface area is 164 Å². The van der Waals surface area contributed by atoms with Gasteiger partial charge in [-0.1, -0.05) is 29.8 Å². The summed E-state index contributed by atoms with van der Waals surface area (Å²) in [6.07, 6.45) is 0. The van der Waals surface area contributed by atoms with Crippen molar-refractivity contribution >= 4 is 27.0 Å². The predicted molar refractivity (Wildman–Crippen MR) is 107 cm³/mol. The summed E-state index contributed by atoms with van der Waals surface area (Å²) in [6.45, 7) is 7.41. The number of hydrogen-bond donors (Lipinski definition) is 1. The lowest BCUT2D eigenvalue weighted by Gasteiger charge is -2.15. The highest BCUT2D eigenvalue weighted by Gasteiger charge is 2.23. The third kappa shape index (κ3) is 3.95. The number of fused-ring (bicyclic) bond motifs is 1. The molecule has 7 heteroatoms. The van der Waals surface area contributed by atoms with Crippen LogP contribution in [0.25, 0.3) is 11.0 Å². The number of hydrogen-bond acceptors (Lipinski definition) is 5. The van der Waals surface area contributed by atoms with Crippen molar-refractivity contribution in [3.8, 4) is 0 Å². The fourth-order valence-electron chi connectivity index (χ4n) is 3.07. The van der Waals surface area contributed by atoms with E-state index in [4.69, 9.17) is 9.15 Å². The summed E-state index contributed by atoms with van der Waals surface area (Å²) in [4.78, 5) is 12.1. The molecular formula is C21H23NO5S. The molecule has 2 aromatic carbocycles. The first-order valence-corrected chi connectivity index (χ1v) is 10.5. The summed E-state index contributed by atoms with van der Waals surface area (Å²) in [5.41, 5.74) is 2.93. The standard InChI is InChI=1S/C21H23NO5S/c1-5-26-21(23)20-14(3)18-12-17(9-10-19(18)27-20)28(24,25)22-15(4)16-8-6-7-13(2)11-16/h6-12,15,22H,5H2,1-4H3. The Morgan fingerprint density at radius 1 is 1.18 bits per heavy atom. The highest BCUT2D eigenvalue weighted by atomic mass is 32.2. The summed E-state index contributed by atoms with van der Waals surface area (Å²) < 4.78 is 39.0. The van der Waals surface area contributed by atoms with Gasteiger partial charge in [0.15, 0.2) is 0 Å². The summed E-state index contributed by atoms with van der Waals surface area (Å²) in [6, 6.07) is 11.8. The highest BCUT2D eigenvalue weighted by Crippen LogP contribution is 2.29. The number of ether oxygens (including phenoxy) is 1. The van der Waals surface area contributed by atoms with Crippen molar-refractivity contribution in [3.63, 3.8) is 0 Å². The molecule has 3 aromatic rings. The number of benzene rings is 2. The first-order chi connectivity index (χ1) is 13.2. The molecule has 1 heterocycles. The molecule has 0 bridgehead atoms. The molecule has 0 fully saturated rings. The largest absolute Gasteiger partial charge is 0.460 e. The molecule has 1 unspecified atom stereocenters. The molecule has 3 rings (SSSR count). The van der Waals surface area contributed by atoms with Gasteiger partial charge in [0.1, 0.15) is 5.58 Å². The third-order valence-corrected chi connectivity index (χ3v) is 6.09. The zero-order chi connectivity index (χ0) is 20.5. The van der Waals surface area contributed by atoms with E-state index in [0.29, 0.717) is 16.5 Å². The lowest BCUT2D eigenvalue weighted by atomic mass is 10.1. The maximum Gasteiger partial charge on any atom is 0.374 e. The van der Waals surface area contributed by atoms with Crippen LogP contribution in [0.15, 0.2) is 51.8 Å². The summed E-state index contributed by atoms with van der Waals surface area (Å²) >= 11 is 0. The Kier molecular flexibility index (Phi) is 5.58. The van der Waals surface area contributed by atoms with Crippen molar-refractivity contribution < 1.29 is 22.4 Å². The second-order valence-corrected chi connectivity index (χ2v) is 8.41. The minimum Gasteiger partial charge on any atom is -0.460 e. The number of sulfonamides is 1. The molecule has 0 aliphatic rings. The van der Waals surface area contributed by atoms with Crippen LogP contribution in [0.4, 0.5) is 0 Å². The van der Waals surface area contributed by atoms with Crippen molar-refractivity contribution in [2.45, 2.75) is 38.6 Å². The summed E-state index contributed by atoms with van der Waals surface area (Å²) in [7, 11) is -3.76. The van der Waals surface area contributed by atoms with E-state index in [0.717, 1.165) is 11.1 Å². The van der Waals surface area contributed by atoms with E-state index >= 15 is 0 Å². The van der Waals surface area contributed by atoms with Gasteiger partial charge in [-0.3, -0.25) is 0 Å². The van der Waals surface area contributed by atoms with E-state index in [1.54, 1.807) is 26.8 Å². The summed E-state index contributed by atoms with van der Waals surface area (Å²) in [5, 5.41) is 0.564. The average Bonchev–Trinajstić information content (AvgIpc) is 2.98. The first kappa shape index (κ1) is 20.1. The molecule has 0 aliphatic carbocycles. The lowest BCUT2D eigenvalue weighted by Crippen LogP contribution is -2.26. The normalized spacial score (nSPS) is 12.9. The molecule has 1 N–H and O–H groups in total. The molecule has 28 heavy (non-hydrogen) atoms. The van der Waals surface area contributed by atoms with Gasteiger partial charge in [0.2, 0.25) is 15.8 Å². The van der Waals surface area contributed by atoms with E-state index in [-0.39, 0.29) is 23.3 Å². The monoisotopic (exact) mass is 401 g/mol. The van der Waals surface area contributed by atoms with Crippen LogP contribution in [0.5, 0.6) is 0 Å². The molecule has 1 atom stereocenters. The SMILES string of the molecule is CCOC(=O)c1oc2ccc(S(=O)(=O)NC(C)c3cccc(C)c3)cc2c1C. The topological polar surface area (TPSA) is 85.6 Å². The van der Waals surface area contributed by atoms with Crippen molar-refractivity contribution in [1.29, 1.82) is 0 Å². The van der Waals surface area contributed by atoms with Gasteiger partial charge in [0, 0.05) is 17.0 Å². The Morgan fingerprint density at radius 2 is 1.93 bits per heavy atom. The van der Waals surface area contributed by atoms with Crippen LogP contribution in [0, 0.1) is 13.8 Å². The van der Waals surface area contributed by atoms with Crippen LogP contribution in [-0.4, -0.2) is 21.0 Å². The van der Waals surface area contributed by atoms with Gasteiger partial charge in [-0.15, -0.1) is 0 Å². The third-order valence-electron chi connectivity index (χ3n) is 4.55. The molecule has 0 saturated heterocycles. The molecule has 0 spiro atoms. The van der Waals surface area contributed by atoms with Gasteiger partial charge in [0.05, 0.1) is 11.5 Å². The fraction of sp³-hybridized carbons (Fsp3) is 0.286. The first-order valence-electron chi connectivity index (χ1n) is 9.02. The molecular weight excluding hydrogens is 378 g/mol. The van der Waals surface area contributed by atoms with Crippen LogP contribution >= 0.6 is 0 Å². The van der Waals surface area contributed by atoms with Gasteiger partial charge in [-0.25, -0.2) is 17.9 Å². The van der Waals surface area contributed by atoms with Crippen molar-refractivity contribution in [2.75, 3.05) is 6.61 Å². The highest BCUT2D eigenvalue weighted by molar-refractivity contribution is 7.89. The molecule has 0 saturated carbocycles. The zero-order valence-electron chi connectivity index (χ0n) is 16.3. The van der Waals surface area contributed by atoms with E-state index < -0.39 is 16.0 Å². The minimum atomic E-state index is -3.76. The Balaban J connectivity index is 1.93. The second-order valence-electron chi connectivity index (χ2n) is 6.69. The van der Waals surface area contributed by atoms with Crippen molar-refractivity contribution in [1.82, 2.24) is 4.72 Å². The molecule has 1 aromatic heterocycles. The number of rotatable bonds is 6. The van der Waals surface area contributed by atoms with E-state index in [1.807, 2.05) is 31.2 Å². The number of carbonyl (C=O) groups is 1. The quantitative estimate of drug-likeness (QED) is 0.624. The minimum absolute atomic E-state index is 0.0903. The maximum absolute atomic E-state index is 12.9. The van der Waals surface area contributed by atoms with Crippen LogP contribution in [-0.2, 0) is 14.8 Å². The van der Waals surface area contributed by atoms with E-state index in [2.05, 4.69) is 4.72 Å². The number of furan rings is 1. The molecule has 0 radical (unpaired) electrons. The van der Waals surface area contributed by atoms with Gasteiger partial charge in [-0.2, -0.15) is 0 Å². The van der Waals surface area contributed by atoms with Crippen molar-refractivity contribution in [2.24, 2.45) is 0 Å². The predicted octanol–water partition coefficient (Wildman–Crippen LogP) is 4.27. The van der Waals surface area contributed by atoms with Gasteiger partial charge in [-0.05, 0) is 51.5 Å². The van der Waals surface area contributed by atoms with Crippen LogP contribution in [0.3, 0.4) is 0 Å². The zero-order valence-corrected chi connectivity index (χ0v) is 17.1. The maximum atomic E-state index is 12.9. The van der Waals surface area contributed by atoms with Gasteiger partial charge < -0.3 is 9.15 Å². The summed E-state index contributed by atoms with van der Waals surface area (Å²) in [5.74, 6) is -0.473. The van der Waals surface area contributed by atoms with Crippen LogP contribution in [0.2, 0.25) is 0 Å². The van der Waals surface area contributed by atoms with Crippen LogP contribution < -0.4 is 4.72 Å². The Hall–Kier alpha value is -2.64. The Morgan fingerprint density at radius 3 is 2.61 bits per heavy atom. The number of nitrogens with one attached hydrogen (secondary N) is 1. The number of esters is 1. The number of aryl methyl sites for hydroxylation is 2. The average molecular weight is 401 g/mol. The smallest absolute Gasteiger partial charge is 0.374 e. The van der Waals surface area contributed by atoms with Gasteiger partial charge in [0.25, 0.3) is 0 Å².